The summed E-state index contributed by atoms with van der Waals surface area (Å²) in [5.74, 6) is -0.591. The number of carbonyl (C=O) groups excluding carboxylic acids is 1. The van der Waals surface area contributed by atoms with Crippen LogP contribution >= 0.6 is 7.60 Å². The van der Waals surface area contributed by atoms with Gasteiger partial charge in [0.25, 0.3) is 0 Å². The average molecular weight is 276 g/mol. The van der Waals surface area contributed by atoms with E-state index in [1.165, 1.54) is 13.4 Å². The number of furan rings is 1. The molecule has 0 fully saturated rings. The van der Waals surface area contributed by atoms with Crippen LogP contribution in [0.15, 0.2) is 16.7 Å². The van der Waals surface area contributed by atoms with Gasteiger partial charge in [-0.05, 0) is 19.9 Å². The maximum absolute atomic E-state index is 12.3. The van der Waals surface area contributed by atoms with Crippen molar-refractivity contribution in [3.05, 3.63) is 23.7 Å². The van der Waals surface area contributed by atoms with Gasteiger partial charge in [0.15, 0.2) is 0 Å². The number of rotatable bonds is 7. The zero-order chi connectivity index (χ0) is 13.6. The molecule has 0 atom stereocenters. The third kappa shape index (κ3) is 3.70. The molecule has 0 spiro atoms. The Balaban J connectivity index is 2.91. The first-order valence-corrected chi connectivity index (χ1v) is 7.32. The lowest BCUT2D eigenvalue weighted by Crippen LogP contribution is -2.05. The monoisotopic (exact) mass is 276 g/mol. The van der Waals surface area contributed by atoms with E-state index in [1.54, 1.807) is 19.9 Å². The molecule has 0 amide bonds. The van der Waals surface area contributed by atoms with Crippen LogP contribution in [0.2, 0.25) is 0 Å². The predicted octanol–water partition coefficient (Wildman–Crippen LogP) is 2.83. The van der Waals surface area contributed by atoms with Crippen molar-refractivity contribution < 1.29 is 27.6 Å². The summed E-state index contributed by atoms with van der Waals surface area (Å²) >= 11 is 0. The summed E-state index contributed by atoms with van der Waals surface area (Å²) in [6.45, 7) is 3.98. The molecule has 7 heteroatoms. The van der Waals surface area contributed by atoms with Crippen molar-refractivity contribution in [1.29, 1.82) is 0 Å². The van der Waals surface area contributed by atoms with Crippen molar-refractivity contribution in [2.24, 2.45) is 0 Å². The molecule has 18 heavy (non-hydrogen) atoms. The van der Waals surface area contributed by atoms with Crippen LogP contribution in [-0.2, 0) is 24.5 Å². The van der Waals surface area contributed by atoms with E-state index in [0.717, 1.165) is 0 Å². The van der Waals surface area contributed by atoms with Crippen LogP contribution in [-0.4, -0.2) is 26.3 Å². The number of esters is 1. The van der Waals surface area contributed by atoms with Crippen LogP contribution in [0.1, 0.15) is 30.0 Å². The SMILES string of the molecule is CCOP(=O)(Cc1ccoc1C(=O)OC)OCC. The number of carbonyl (C=O) groups is 1. The number of hydrogen-bond donors (Lipinski definition) is 0. The van der Waals surface area contributed by atoms with Gasteiger partial charge >= 0.3 is 13.6 Å². The van der Waals surface area contributed by atoms with Gasteiger partial charge in [-0.3, -0.25) is 4.57 Å². The van der Waals surface area contributed by atoms with Crippen molar-refractivity contribution >= 4 is 13.6 Å². The Morgan fingerprint density at radius 1 is 1.33 bits per heavy atom. The molecule has 0 N–H and O–H groups in total. The number of ether oxygens (including phenoxy) is 1. The smallest absolute Gasteiger partial charge is 0.374 e. The Hall–Kier alpha value is -1.10. The Morgan fingerprint density at radius 2 is 1.94 bits per heavy atom. The highest BCUT2D eigenvalue weighted by Crippen LogP contribution is 2.51. The molecule has 0 saturated heterocycles. The second kappa shape index (κ2) is 6.73. The molecule has 0 aliphatic rings. The van der Waals surface area contributed by atoms with Gasteiger partial charge in [0.1, 0.15) is 0 Å². The maximum atomic E-state index is 12.3. The van der Waals surface area contributed by atoms with Crippen molar-refractivity contribution in [3.8, 4) is 0 Å². The molecule has 0 aromatic carbocycles. The summed E-state index contributed by atoms with van der Waals surface area (Å²) in [6.07, 6.45) is 1.32. The Labute approximate surface area is 106 Å². The summed E-state index contributed by atoms with van der Waals surface area (Å²) in [4.78, 5) is 11.4. The minimum atomic E-state index is -3.25. The van der Waals surface area contributed by atoms with Crippen LogP contribution in [0, 0.1) is 0 Å². The molecular formula is C11H17O6P. The molecular weight excluding hydrogens is 259 g/mol. The quantitative estimate of drug-likeness (QED) is 0.563. The van der Waals surface area contributed by atoms with Gasteiger partial charge in [0.05, 0.1) is 32.7 Å². The molecule has 102 valence electrons. The third-order valence-electron chi connectivity index (χ3n) is 2.13. The van der Waals surface area contributed by atoms with E-state index >= 15 is 0 Å². The van der Waals surface area contributed by atoms with Crippen LogP contribution in [0.5, 0.6) is 0 Å². The van der Waals surface area contributed by atoms with Gasteiger partial charge < -0.3 is 18.2 Å². The molecule has 6 nitrogen and oxygen atoms in total. The predicted molar refractivity (Wildman–Crippen MR) is 64.6 cm³/mol. The highest BCUT2D eigenvalue weighted by atomic mass is 31.2. The highest BCUT2D eigenvalue weighted by Gasteiger charge is 2.28. The van der Waals surface area contributed by atoms with Gasteiger partial charge in [0.2, 0.25) is 5.76 Å². The molecule has 1 rings (SSSR count). The van der Waals surface area contributed by atoms with E-state index in [0.29, 0.717) is 5.56 Å². The largest absolute Gasteiger partial charge is 0.463 e. The van der Waals surface area contributed by atoms with Crippen molar-refractivity contribution in [2.45, 2.75) is 20.0 Å². The van der Waals surface area contributed by atoms with Gasteiger partial charge in [-0.15, -0.1) is 0 Å². The lowest BCUT2D eigenvalue weighted by molar-refractivity contribution is 0.0563. The number of methoxy groups -OCH3 is 1. The summed E-state index contributed by atoms with van der Waals surface area (Å²) in [5, 5.41) is 0. The highest BCUT2D eigenvalue weighted by molar-refractivity contribution is 7.53. The lowest BCUT2D eigenvalue weighted by Gasteiger charge is -2.16. The summed E-state index contributed by atoms with van der Waals surface area (Å²) < 4.78 is 32.2. The first-order valence-electron chi connectivity index (χ1n) is 5.59. The van der Waals surface area contributed by atoms with E-state index in [1.807, 2.05) is 0 Å². The van der Waals surface area contributed by atoms with E-state index in [-0.39, 0.29) is 25.1 Å². The zero-order valence-corrected chi connectivity index (χ0v) is 11.6. The third-order valence-corrected chi connectivity index (χ3v) is 4.16. The molecule has 0 aliphatic carbocycles. The van der Waals surface area contributed by atoms with Gasteiger partial charge in [-0.25, -0.2) is 4.79 Å². The van der Waals surface area contributed by atoms with E-state index in [4.69, 9.17) is 13.5 Å². The minimum absolute atomic E-state index is 0.0182. The molecule has 1 aromatic rings. The first kappa shape index (κ1) is 15.0. The normalized spacial score (nSPS) is 11.5. The van der Waals surface area contributed by atoms with E-state index in [9.17, 15) is 9.36 Å². The summed E-state index contributed by atoms with van der Waals surface area (Å²) in [5.41, 5.74) is 0.451. The molecule has 0 unspecified atom stereocenters. The van der Waals surface area contributed by atoms with Gasteiger partial charge in [-0.1, -0.05) is 0 Å². The second-order valence-electron chi connectivity index (χ2n) is 3.37. The topological polar surface area (TPSA) is 75.0 Å². The van der Waals surface area contributed by atoms with Crippen LogP contribution in [0.3, 0.4) is 0 Å². The van der Waals surface area contributed by atoms with Crippen LogP contribution in [0.25, 0.3) is 0 Å². The van der Waals surface area contributed by atoms with E-state index in [2.05, 4.69) is 4.74 Å². The lowest BCUT2D eigenvalue weighted by atomic mass is 10.3. The second-order valence-corrected chi connectivity index (χ2v) is 5.43. The summed E-state index contributed by atoms with van der Waals surface area (Å²) in [7, 11) is -2.00. The average Bonchev–Trinajstić information content (AvgIpc) is 2.76. The fourth-order valence-corrected chi connectivity index (χ4v) is 3.17. The zero-order valence-electron chi connectivity index (χ0n) is 10.7. The maximum Gasteiger partial charge on any atom is 0.374 e. The molecule has 1 aromatic heterocycles. The molecule has 1 heterocycles. The van der Waals surface area contributed by atoms with Gasteiger partial charge in [0, 0.05) is 5.56 Å². The van der Waals surface area contributed by atoms with Crippen molar-refractivity contribution in [1.82, 2.24) is 0 Å². The fraction of sp³-hybridized carbons (Fsp3) is 0.545. The first-order chi connectivity index (χ1) is 8.56. The fourth-order valence-electron chi connectivity index (χ4n) is 1.46. The van der Waals surface area contributed by atoms with Crippen molar-refractivity contribution in [2.75, 3.05) is 20.3 Å². The standard InChI is InChI=1S/C11H17O6P/c1-4-16-18(13,17-5-2)8-9-6-7-15-10(9)11(12)14-3/h6-7H,4-5,8H2,1-3H3. The van der Waals surface area contributed by atoms with Crippen molar-refractivity contribution in [3.63, 3.8) is 0 Å². The Morgan fingerprint density at radius 3 is 2.44 bits per heavy atom. The van der Waals surface area contributed by atoms with E-state index < -0.39 is 13.6 Å². The summed E-state index contributed by atoms with van der Waals surface area (Å²) in [6, 6.07) is 1.55. The number of hydrogen-bond acceptors (Lipinski definition) is 6. The van der Waals surface area contributed by atoms with Gasteiger partial charge in [-0.2, -0.15) is 0 Å². The minimum Gasteiger partial charge on any atom is -0.463 e. The Bertz CT molecular complexity index is 428. The molecule has 0 saturated carbocycles. The van der Waals surface area contributed by atoms with Crippen LogP contribution < -0.4 is 0 Å². The Kier molecular flexibility index (Phi) is 5.59. The van der Waals surface area contributed by atoms with Crippen LogP contribution in [0.4, 0.5) is 0 Å². The molecule has 0 radical (unpaired) electrons. The molecule has 0 bridgehead atoms. The molecule has 0 aliphatic heterocycles.